The van der Waals surface area contributed by atoms with Crippen LogP contribution in [0.3, 0.4) is 0 Å². The van der Waals surface area contributed by atoms with Gasteiger partial charge >= 0.3 is 0 Å². The monoisotopic (exact) mass is 344 g/mol. The maximum absolute atomic E-state index is 14.0. The second-order valence-electron chi connectivity index (χ2n) is 6.10. The Morgan fingerprint density at radius 3 is 3.04 bits per heavy atom. The number of likely N-dealkylation sites (tertiary alicyclic amines) is 1. The number of halogens is 1. The number of pyridine rings is 1. The van der Waals surface area contributed by atoms with Gasteiger partial charge in [0.25, 0.3) is 5.91 Å². The Morgan fingerprint density at radius 2 is 2.36 bits per heavy atom. The summed E-state index contributed by atoms with van der Waals surface area (Å²) in [6.07, 6.45) is 9.06. The maximum Gasteiger partial charge on any atom is 0.257 e. The third kappa shape index (κ3) is 3.76. The molecular weight excluding hydrogens is 323 g/mol. The third-order valence-electron chi connectivity index (χ3n) is 4.38. The van der Waals surface area contributed by atoms with Gasteiger partial charge < -0.3 is 9.64 Å². The van der Waals surface area contributed by atoms with Gasteiger partial charge in [-0.2, -0.15) is 5.10 Å². The molecule has 25 heavy (non-hydrogen) atoms. The summed E-state index contributed by atoms with van der Waals surface area (Å²) in [5.74, 6) is -0.943. The molecule has 3 rings (SSSR count). The molecular formula is C18H21FN4O2. The Morgan fingerprint density at radius 1 is 1.52 bits per heavy atom. The highest BCUT2D eigenvalue weighted by atomic mass is 19.1. The molecule has 0 bridgehead atoms. The number of aromatic nitrogens is 3. The SMILES string of the molecule is C=CCO[C@@H]1CCN(C(=O)c2ccncc2F)[C@H]1Cc1cnn(C)c1. The number of ether oxygens (including phenoxy) is 1. The van der Waals surface area contributed by atoms with Crippen molar-refractivity contribution in [2.45, 2.75) is 25.0 Å². The second kappa shape index (κ2) is 7.57. The third-order valence-corrected chi connectivity index (χ3v) is 4.38. The molecule has 1 fully saturated rings. The molecule has 1 saturated heterocycles. The van der Waals surface area contributed by atoms with Crippen LogP contribution in [0.4, 0.5) is 4.39 Å². The number of hydrogen-bond donors (Lipinski definition) is 0. The van der Waals surface area contributed by atoms with Gasteiger partial charge in [-0.3, -0.25) is 14.5 Å². The topological polar surface area (TPSA) is 60.2 Å². The van der Waals surface area contributed by atoms with Gasteiger partial charge in [0.2, 0.25) is 0 Å². The molecule has 0 radical (unpaired) electrons. The van der Waals surface area contributed by atoms with Crippen LogP contribution in [0.25, 0.3) is 0 Å². The van der Waals surface area contributed by atoms with Gasteiger partial charge in [-0.25, -0.2) is 4.39 Å². The molecule has 0 saturated carbocycles. The molecule has 3 heterocycles. The molecule has 1 aliphatic rings. The molecule has 0 N–H and O–H groups in total. The predicted octanol–water partition coefficient (Wildman–Crippen LogP) is 1.98. The summed E-state index contributed by atoms with van der Waals surface area (Å²) in [5, 5.41) is 4.18. The maximum atomic E-state index is 14.0. The summed E-state index contributed by atoms with van der Waals surface area (Å²) >= 11 is 0. The summed E-state index contributed by atoms with van der Waals surface area (Å²) < 4.78 is 21.5. The predicted molar refractivity (Wildman–Crippen MR) is 90.5 cm³/mol. The first kappa shape index (κ1) is 17.3. The molecule has 6 nitrogen and oxygen atoms in total. The zero-order valence-electron chi connectivity index (χ0n) is 14.1. The van der Waals surface area contributed by atoms with Crippen LogP contribution in [0.5, 0.6) is 0 Å². The van der Waals surface area contributed by atoms with E-state index < -0.39 is 5.82 Å². The largest absolute Gasteiger partial charge is 0.372 e. The van der Waals surface area contributed by atoms with E-state index in [-0.39, 0.29) is 23.6 Å². The van der Waals surface area contributed by atoms with E-state index >= 15 is 0 Å². The highest BCUT2D eigenvalue weighted by Crippen LogP contribution is 2.26. The minimum Gasteiger partial charge on any atom is -0.372 e. The van der Waals surface area contributed by atoms with Gasteiger partial charge in [0.15, 0.2) is 5.82 Å². The number of aryl methyl sites for hydroxylation is 1. The van der Waals surface area contributed by atoms with Gasteiger partial charge in [0, 0.05) is 26.0 Å². The fourth-order valence-corrected chi connectivity index (χ4v) is 3.23. The van der Waals surface area contributed by atoms with Crippen LogP contribution in [0.15, 0.2) is 43.5 Å². The summed E-state index contributed by atoms with van der Waals surface area (Å²) in [6, 6.07) is 1.24. The number of hydrogen-bond acceptors (Lipinski definition) is 4. The van der Waals surface area contributed by atoms with E-state index in [0.717, 1.165) is 11.8 Å². The Balaban J connectivity index is 1.84. The normalized spacial score (nSPS) is 20.0. The van der Waals surface area contributed by atoms with E-state index in [2.05, 4.69) is 16.7 Å². The van der Waals surface area contributed by atoms with E-state index in [1.54, 1.807) is 21.9 Å². The Hall–Kier alpha value is -2.54. The summed E-state index contributed by atoms with van der Waals surface area (Å²) in [6.45, 7) is 4.61. The fraction of sp³-hybridized carbons (Fsp3) is 0.389. The number of carbonyl (C=O) groups excluding carboxylic acids is 1. The summed E-state index contributed by atoms with van der Waals surface area (Å²) in [5.41, 5.74) is 1.05. The lowest BCUT2D eigenvalue weighted by Gasteiger charge is -2.28. The fourth-order valence-electron chi connectivity index (χ4n) is 3.23. The average Bonchev–Trinajstić information content (AvgIpc) is 3.19. The first-order chi connectivity index (χ1) is 12.1. The molecule has 0 aliphatic carbocycles. The van der Waals surface area contributed by atoms with E-state index in [1.807, 2.05) is 13.2 Å². The zero-order valence-corrected chi connectivity index (χ0v) is 14.1. The lowest BCUT2D eigenvalue weighted by molar-refractivity contribution is 0.0377. The van der Waals surface area contributed by atoms with Crippen molar-refractivity contribution in [3.8, 4) is 0 Å². The van der Waals surface area contributed by atoms with Crippen LogP contribution in [0.2, 0.25) is 0 Å². The standard InChI is InChI=1S/C18H21FN4O2/c1-3-8-25-17-5-7-23(16(17)9-13-10-21-22(2)12-13)18(24)14-4-6-20-11-15(14)19/h3-4,6,10-12,16-17H,1,5,7-9H2,2H3/t16-,17+/m0/s1. The van der Waals surface area contributed by atoms with Crippen LogP contribution < -0.4 is 0 Å². The lowest BCUT2D eigenvalue weighted by atomic mass is 10.0. The van der Waals surface area contributed by atoms with Crippen molar-refractivity contribution in [2.24, 2.45) is 7.05 Å². The highest BCUT2D eigenvalue weighted by Gasteiger charge is 2.38. The van der Waals surface area contributed by atoms with Crippen molar-refractivity contribution in [1.82, 2.24) is 19.7 Å². The van der Waals surface area contributed by atoms with Crippen LogP contribution in [0, 0.1) is 5.82 Å². The molecule has 132 valence electrons. The van der Waals surface area contributed by atoms with Gasteiger partial charge in [-0.1, -0.05) is 6.08 Å². The molecule has 0 unspecified atom stereocenters. The Bertz CT molecular complexity index is 761. The van der Waals surface area contributed by atoms with Crippen molar-refractivity contribution in [2.75, 3.05) is 13.2 Å². The van der Waals surface area contributed by atoms with Crippen LogP contribution in [-0.2, 0) is 18.2 Å². The van der Waals surface area contributed by atoms with Gasteiger partial charge in [0.1, 0.15) is 0 Å². The zero-order chi connectivity index (χ0) is 17.8. The van der Waals surface area contributed by atoms with Crippen molar-refractivity contribution in [1.29, 1.82) is 0 Å². The van der Waals surface area contributed by atoms with Crippen LogP contribution in [-0.4, -0.2) is 50.9 Å². The van der Waals surface area contributed by atoms with Crippen molar-refractivity contribution in [3.05, 3.63) is 60.5 Å². The second-order valence-corrected chi connectivity index (χ2v) is 6.10. The molecule has 7 heteroatoms. The van der Waals surface area contributed by atoms with Crippen LogP contribution >= 0.6 is 0 Å². The number of carbonyl (C=O) groups is 1. The molecule has 2 aromatic rings. The Labute approximate surface area is 145 Å². The molecule has 2 atom stereocenters. The molecule has 0 spiro atoms. The van der Waals surface area contributed by atoms with Gasteiger partial charge in [-0.15, -0.1) is 6.58 Å². The highest BCUT2D eigenvalue weighted by molar-refractivity contribution is 5.94. The Kier molecular flexibility index (Phi) is 5.23. The molecule has 1 amide bonds. The minimum atomic E-state index is -0.608. The van der Waals surface area contributed by atoms with Crippen molar-refractivity contribution in [3.63, 3.8) is 0 Å². The van der Waals surface area contributed by atoms with Crippen LogP contribution in [0.1, 0.15) is 22.3 Å². The van der Waals surface area contributed by atoms with E-state index in [1.165, 1.54) is 12.3 Å². The molecule has 2 aromatic heterocycles. The van der Waals surface area contributed by atoms with E-state index in [9.17, 15) is 9.18 Å². The number of rotatable bonds is 6. The first-order valence-corrected chi connectivity index (χ1v) is 8.20. The van der Waals surface area contributed by atoms with Crippen molar-refractivity contribution < 1.29 is 13.9 Å². The summed E-state index contributed by atoms with van der Waals surface area (Å²) in [4.78, 5) is 18.3. The van der Waals surface area contributed by atoms with E-state index in [0.29, 0.717) is 26.0 Å². The molecule has 0 aromatic carbocycles. The average molecular weight is 344 g/mol. The quantitative estimate of drug-likeness (QED) is 0.752. The molecule has 1 aliphatic heterocycles. The van der Waals surface area contributed by atoms with E-state index in [4.69, 9.17) is 4.74 Å². The van der Waals surface area contributed by atoms with Gasteiger partial charge in [-0.05, 0) is 24.5 Å². The summed E-state index contributed by atoms with van der Waals surface area (Å²) in [7, 11) is 1.85. The smallest absolute Gasteiger partial charge is 0.257 e. The minimum absolute atomic E-state index is 0.0376. The first-order valence-electron chi connectivity index (χ1n) is 8.20. The van der Waals surface area contributed by atoms with Crippen molar-refractivity contribution >= 4 is 5.91 Å². The lowest BCUT2D eigenvalue weighted by Crippen LogP contribution is -2.42. The number of nitrogens with zero attached hydrogens (tertiary/aromatic N) is 4. The van der Waals surface area contributed by atoms with Gasteiger partial charge in [0.05, 0.1) is 36.7 Å². The number of amides is 1.